The standard InChI is InChI=1S/C11H20N4/c1-3-15-9-11(7-13-15)14-5-4-10(8-14)6-12-2/h7,9-10,12H,3-6,8H2,1-2H3. The molecule has 1 aromatic rings. The van der Waals surface area contributed by atoms with Gasteiger partial charge in [0.15, 0.2) is 0 Å². The van der Waals surface area contributed by atoms with Gasteiger partial charge in [-0.25, -0.2) is 0 Å². The van der Waals surface area contributed by atoms with E-state index in [2.05, 4.69) is 28.4 Å². The smallest absolute Gasteiger partial charge is 0.0752 e. The van der Waals surface area contributed by atoms with Crippen LogP contribution in [-0.2, 0) is 6.54 Å². The molecule has 0 spiro atoms. The summed E-state index contributed by atoms with van der Waals surface area (Å²) in [6.07, 6.45) is 5.41. The molecule has 1 aliphatic rings. The van der Waals surface area contributed by atoms with E-state index < -0.39 is 0 Å². The fourth-order valence-electron chi connectivity index (χ4n) is 2.21. The summed E-state index contributed by atoms with van der Waals surface area (Å²) in [7, 11) is 2.03. The molecule has 4 heteroatoms. The molecule has 4 nitrogen and oxygen atoms in total. The van der Waals surface area contributed by atoms with Crippen LogP contribution in [0.2, 0.25) is 0 Å². The van der Waals surface area contributed by atoms with Crippen LogP contribution in [-0.4, -0.2) is 36.5 Å². The molecule has 1 unspecified atom stereocenters. The highest BCUT2D eigenvalue weighted by molar-refractivity contribution is 5.43. The van der Waals surface area contributed by atoms with Gasteiger partial charge in [-0.05, 0) is 32.9 Å². The van der Waals surface area contributed by atoms with Gasteiger partial charge in [0.2, 0.25) is 0 Å². The number of aromatic nitrogens is 2. The quantitative estimate of drug-likeness (QED) is 0.799. The van der Waals surface area contributed by atoms with Crippen LogP contribution in [0.15, 0.2) is 12.4 Å². The lowest BCUT2D eigenvalue weighted by Crippen LogP contribution is -2.24. The Hall–Kier alpha value is -1.03. The molecule has 2 heterocycles. The summed E-state index contributed by atoms with van der Waals surface area (Å²) in [6.45, 7) is 6.52. The first-order chi connectivity index (χ1) is 7.33. The van der Waals surface area contributed by atoms with Gasteiger partial charge in [0.1, 0.15) is 0 Å². The van der Waals surface area contributed by atoms with Gasteiger partial charge in [0.25, 0.3) is 0 Å². The zero-order valence-corrected chi connectivity index (χ0v) is 9.61. The molecule has 2 rings (SSSR count). The number of anilines is 1. The van der Waals surface area contributed by atoms with E-state index in [1.54, 1.807) is 0 Å². The van der Waals surface area contributed by atoms with Crippen molar-refractivity contribution in [1.82, 2.24) is 15.1 Å². The Morgan fingerprint density at radius 3 is 3.13 bits per heavy atom. The average molecular weight is 208 g/mol. The van der Waals surface area contributed by atoms with Gasteiger partial charge in [-0.15, -0.1) is 0 Å². The highest BCUT2D eigenvalue weighted by Gasteiger charge is 2.22. The van der Waals surface area contributed by atoms with E-state index >= 15 is 0 Å². The molecule has 1 N–H and O–H groups in total. The monoisotopic (exact) mass is 208 g/mol. The highest BCUT2D eigenvalue weighted by atomic mass is 15.3. The molecular weight excluding hydrogens is 188 g/mol. The highest BCUT2D eigenvalue weighted by Crippen LogP contribution is 2.22. The van der Waals surface area contributed by atoms with Gasteiger partial charge in [0.05, 0.1) is 11.9 Å². The summed E-state index contributed by atoms with van der Waals surface area (Å²) in [5, 5.41) is 7.56. The zero-order chi connectivity index (χ0) is 10.7. The lowest BCUT2D eigenvalue weighted by Gasteiger charge is -2.15. The number of hydrogen-bond donors (Lipinski definition) is 1. The molecule has 0 aliphatic carbocycles. The average Bonchev–Trinajstić information content (AvgIpc) is 2.85. The second-order valence-corrected chi connectivity index (χ2v) is 4.21. The molecule has 0 saturated carbocycles. The zero-order valence-electron chi connectivity index (χ0n) is 9.61. The Bertz CT molecular complexity index is 307. The van der Waals surface area contributed by atoms with Crippen molar-refractivity contribution in [1.29, 1.82) is 0 Å². The fraction of sp³-hybridized carbons (Fsp3) is 0.727. The van der Waals surface area contributed by atoms with Crippen LogP contribution in [0.1, 0.15) is 13.3 Å². The van der Waals surface area contributed by atoms with Gasteiger partial charge in [-0.2, -0.15) is 5.10 Å². The van der Waals surface area contributed by atoms with Gasteiger partial charge in [0, 0.05) is 25.8 Å². The molecule has 15 heavy (non-hydrogen) atoms. The van der Waals surface area contributed by atoms with Gasteiger partial charge in [-0.3, -0.25) is 4.68 Å². The summed E-state index contributed by atoms with van der Waals surface area (Å²) in [5.74, 6) is 0.792. The maximum atomic E-state index is 4.31. The second-order valence-electron chi connectivity index (χ2n) is 4.21. The fourth-order valence-corrected chi connectivity index (χ4v) is 2.21. The van der Waals surface area contributed by atoms with Crippen LogP contribution in [0.3, 0.4) is 0 Å². The molecule has 1 aromatic heterocycles. The summed E-state index contributed by atoms with van der Waals surface area (Å²) < 4.78 is 1.99. The Morgan fingerprint density at radius 2 is 2.47 bits per heavy atom. The Balaban J connectivity index is 1.95. The normalized spacial score (nSPS) is 21.2. The van der Waals surface area contributed by atoms with Crippen molar-refractivity contribution in [3.8, 4) is 0 Å². The van der Waals surface area contributed by atoms with Crippen molar-refractivity contribution < 1.29 is 0 Å². The van der Waals surface area contributed by atoms with Gasteiger partial charge in [-0.1, -0.05) is 0 Å². The van der Waals surface area contributed by atoms with E-state index in [1.807, 2.05) is 17.9 Å². The SMILES string of the molecule is CCn1cc(N2CCC(CNC)C2)cn1. The van der Waals surface area contributed by atoms with Crippen molar-refractivity contribution in [2.45, 2.75) is 19.9 Å². The minimum absolute atomic E-state index is 0.792. The predicted molar refractivity (Wildman–Crippen MR) is 62.1 cm³/mol. The van der Waals surface area contributed by atoms with Crippen LogP contribution in [0.4, 0.5) is 5.69 Å². The number of rotatable bonds is 4. The summed E-state index contributed by atoms with van der Waals surface area (Å²) in [5.41, 5.74) is 1.27. The maximum Gasteiger partial charge on any atom is 0.0752 e. The van der Waals surface area contributed by atoms with E-state index in [-0.39, 0.29) is 0 Å². The first-order valence-corrected chi connectivity index (χ1v) is 5.75. The number of nitrogens with zero attached hydrogens (tertiary/aromatic N) is 3. The summed E-state index contributed by atoms with van der Waals surface area (Å²) in [4.78, 5) is 2.43. The minimum atomic E-state index is 0.792. The van der Waals surface area contributed by atoms with E-state index in [0.717, 1.165) is 25.6 Å². The van der Waals surface area contributed by atoms with Gasteiger partial charge >= 0.3 is 0 Å². The first-order valence-electron chi connectivity index (χ1n) is 5.75. The first kappa shape index (κ1) is 10.5. The maximum absolute atomic E-state index is 4.31. The van der Waals surface area contributed by atoms with E-state index in [4.69, 9.17) is 0 Å². The van der Waals surface area contributed by atoms with Crippen LogP contribution in [0.5, 0.6) is 0 Å². The van der Waals surface area contributed by atoms with Crippen molar-refractivity contribution in [3.05, 3.63) is 12.4 Å². The second kappa shape index (κ2) is 4.66. The molecule has 0 bridgehead atoms. The Labute approximate surface area is 91.3 Å². The number of nitrogens with one attached hydrogen (secondary N) is 1. The molecule has 84 valence electrons. The number of aryl methyl sites for hydroxylation is 1. The molecular formula is C11H20N4. The molecule has 0 aromatic carbocycles. The van der Waals surface area contributed by atoms with Crippen LogP contribution >= 0.6 is 0 Å². The van der Waals surface area contributed by atoms with E-state index in [0.29, 0.717) is 0 Å². The third-order valence-corrected chi connectivity index (χ3v) is 3.09. The van der Waals surface area contributed by atoms with Crippen molar-refractivity contribution in [2.75, 3.05) is 31.6 Å². The Morgan fingerprint density at radius 1 is 1.60 bits per heavy atom. The van der Waals surface area contributed by atoms with Crippen LogP contribution < -0.4 is 10.2 Å². The number of hydrogen-bond acceptors (Lipinski definition) is 3. The summed E-state index contributed by atoms with van der Waals surface area (Å²) >= 11 is 0. The van der Waals surface area contributed by atoms with Gasteiger partial charge < -0.3 is 10.2 Å². The molecule has 0 amide bonds. The van der Waals surface area contributed by atoms with Crippen molar-refractivity contribution in [3.63, 3.8) is 0 Å². The van der Waals surface area contributed by atoms with Crippen molar-refractivity contribution in [2.24, 2.45) is 5.92 Å². The van der Waals surface area contributed by atoms with Crippen LogP contribution in [0.25, 0.3) is 0 Å². The Kier molecular flexibility index (Phi) is 3.26. The lowest BCUT2D eigenvalue weighted by molar-refractivity contribution is 0.549. The summed E-state index contributed by atoms with van der Waals surface area (Å²) in [6, 6.07) is 0. The lowest BCUT2D eigenvalue weighted by atomic mass is 10.1. The molecule has 0 radical (unpaired) electrons. The van der Waals surface area contributed by atoms with E-state index in [1.165, 1.54) is 18.7 Å². The topological polar surface area (TPSA) is 33.1 Å². The van der Waals surface area contributed by atoms with Crippen molar-refractivity contribution >= 4 is 5.69 Å². The predicted octanol–water partition coefficient (Wildman–Crippen LogP) is 0.949. The minimum Gasteiger partial charge on any atom is -0.369 e. The largest absolute Gasteiger partial charge is 0.369 e. The molecule has 1 fully saturated rings. The molecule has 1 atom stereocenters. The van der Waals surface area contributed by atoms with Crippen LogP contribution in [0, 0.1) is 5.92 Å². The molecule has 1 aliphatic heterocycles. The third kappa shape index (κ3) is 2.31. The molecule has 1 saturated heterocycles. The van der Waals surface area contributed by atoms with E-state index in [9.17, 15) is 0 Å². The third-order valence-electron chi connectivity index (χ3n) is 3.09.